The van der Waals surface area contributed by atoms with Crippen LogP contribution in [0.1, 0.15) is 40.0 Å². The van der Waals surface area contributed by atoms with E-state index in [0.717, 1.165) is 64.5 Å². The van der Waals surface area contributed by atoms with Gasteiger partial charge in [-0.15, -0.1) is 24.0 Å². The predicted molar refractivity (Wildman–Crippen MR) is 107 cm³/mol. The monoisotopic (exact) mass is 439 g/mol. The van der Waals surface area contributed by atoms with Gasteiger partial charge in [-0.1, -0.05) is 13.8 Å². The molecule has 1 unspecified atom stereocenters. The number of primary amides is 1. The van der Waals surface area contributed by atoms with Crippen LogP contribution in [0, 0.1) is 11.8 Å². The van der Waals surface area contributed by atoms with Gasteiger partial charge in [0, 0.05) is 26.2 Å². The fraction of sp³-hybridized carbons (Fsp3) is 0.875. The maximum absolute atomic E-state index is 11.3. The van der Waals surface area contributed by atoms with E-state index in [2.05, 4.69) is 41.3 Å². The molecule has 1 aliphatic rings. The van der Waals surface area contributed by atoms with Gasteiger partial charge in [-0.05, 0) is 45.2 Å². The van der Waals surface area contributed by atoms with Crippen LogP contribution in [0.15, 0.2) is 4.99 Å². The van der Waals surface area contributed by atoms with Gasteiger partial charge < -0.3 is 21.3 Å². The smallest absolute Gasteiger partial charge is 0.221 e. The number of hydrogen-bond donors (Lipinski definition) is 3. The Morgan fingerprint density at radius 2 is 2.13 bits per heavy atom. The lowest BCUT2D eigenvalue weighted by atomic mass is 9.97. The van der Waals surface area contributed by atoms with Crippen molar-refractivity contribution in [3.63, 3.8) is 0 Å². The highest BCUT2D eigenvalue weighted by molar-refractivity contribution is 14.0. The summed E-state index contributed by atoms with van der Waals surface area (Å²) in [6, 6.07) is 0. The Hall–Kier alpha value is -0.570. The predicted octanol–water partition coefficient (Wildman–Crippen LogP) is 1.40. The first kappa shape index (κ1) is 22.4. The first-order chi connectivity index (χ1) is 10.5. The van der Waals surface area contributed by atoms with Crippen molar-refractivity contribution < 1.29 is 4.79 Å². The zero-order chi connectivity index (χ0) is 16.4. The van der Waals surface area contributed by atoms with Crippen molar-refractivity contribution in [2.45, 2.75) is 40.0 Å². The molecule has 4 N–H and O–H groups in total. The minimum atomic E-state index is -0.155. The average Bonchev–Trinajstić information content (AvgIpc) is 2.49. The number of nitrogens with one attached hydrogen (secondary N) is 2. The highest BCUT2D eigenvalue weighted by Crippen LogP contribution is 2.15. The van der Waals surface area contributed by atoms with Crippen molar-refractivity contribution in [3.05, 3.63) is 0 Å². The second kappa shape index (κ2) is 12.8. The fourth-order valence-corrected chi connectivity index (χ4v) is 2.62. The summed E-state index contributed by atoms with van der Waals surface area (Å²) in [5, 5.41) is 6.63. The van der Waals surface area contributed by atoms with Crippen LogP contribution in [0.3, 0.4) is 0 Å². The van der Waals surface area contributed by atoms with Crippen LogP contribution in [0.25, 0.3) is 0 Å². The molecular formula is C16H34IN5O. The van der Waals surface area contributed by atoms with Gasteiger partial charge >= 0.3 is 0 Å². The summed E-state index contributed by atoms with van der Waals surface area (Å²) < 4.78 is 0. The van der Waals surface area contributed by atoms with E-state index in [9.17, 15) is 4.79 Å². The molecule has 7 heteroatoms. The number of likely N-dealkylation sites (tertiary alicyclic amines) is 1. The number of rotatable bonds is 8. The van der Waals surface area contributed by atoms with Gasteiger partial charge in [0.25, 0.3) is 0 Å². The second-order valence-corrected chi connectivity index (χ2v) is 6.44. The van der Waals surface area contributed by atoms with E-state index in [1.807, 2.05) is 0 Å². The maximum atomic E-state index is 11.3. The summed E-state index contributed by atoms with van der Waals surface area (Å²) in [5.74, 6) is 1.34. The lowest BCUT2D eigenvalue weighted by molar-refractivity contribution is -0.123. The number of piperidine rings is 1. The molecular weight excluding hydrogens is 405 g/mol. The van der Waals surface area contributed by atoms with E-state index >= 15 is 0 Å². The third kappa shape index (κ3) is 10.0. The highest BCUT2D eigenvalue weighted by Gasteiger charge is 2.23. The summed E-state index contributed by atoms with van der Waals surface area (Å²) in [6.45, 7) is 11.9. The molecule has 1 fully saturated rings. The number of amides is 1. The Kier molecular flexibility index (Phi) is 12.5. The summed E-state index contributed by atoms with van der Waals surface area (Å²) in [4.78, 5) is 18.2. The molecule has 1 atom stereocenters. The minimum absolute atomic E-state index is 0. The van der Waals surface area contributed by atoms with Crippen molar-refractivity contribution in [2.75, 3.05) is 39.3 Å². The Balaban J connectivity index is 0.00000484. The molecule has 0 spiro atoms. The summed E-state index contributed by atoms with van der Waals surface area (Å²) in [5.41, 5.74) is 5.41. The molecule has 0 saturated carbocycles. The largest absolute Gasteiger partial charge is 0.369 e. The Labute approximate surface area is 158 Å². The van der Waals surface area contributed by atoms with Crippen molar-refractivity contribution in [1.82, 2.24) is 15.5 Å². The van der Waals surface area contributed by atoms with Crippen molar-refractivity contribution >= 4 is 35.8 Å². The quantitative estimate of drug-likeness (QED) is 0.231. The molecule has 0 aromatic heterocycles. The highest BCUT2D eigenvalue weighted by atomic mass is 127. The van der Waals surface area contributed by atoms with Gasteiger partial charge in [-0.2, -0.15) is 0 Å². The molecule has 1 rings (SSSR count). The second-order valence-electron chi connectivity index (χ2n) is 6.44. The van der Waals surface area contributed by atoms with E-state index in [0.29, 0.717) is 5.92 Å². The van der Waals surface area contributed by atoms with E-state index in [1.54, 1.807) is 0 Å². The molecule has 0 bridgehead atoms. The SMILES string of the molecule is CCNC(=NCC(C)C)NCCCN1CCCC(C(N)=O)C1.I. The fourth-order valence-electron chi connectivity index (χ4n) is 2.62. The summed E-state index contributed by atoms with van der Waals surface area (Å²) in [6.07, 6.45) is 3.05. The Bertz CT molecular complexity index is 362. The molecule has 23 heavy (non-hydrogen) atoms. The number of aliphatic imine (C=N–C) groups is 1. The molecule has 1 amide bonds. The first-order valence-corrected chi connectivity index (χ1v) is 8.56. The number of halogens is 1. The number of carbonyl (C=O) groups excluding carboxylic acids is 1. The van der Waals surface area contributed by atoms with Crippen LogP contribution >= 0.6 is 24.0 Å². The molecule has 136 valence electrons. The summed E-state index contributed by atoms with van der Waals surface area (Å²) in [7, 11) is 0. The maximum Gasteiger partial charge on any atom is 0.221 e. The van der Waals surface area contributed by atoms with Gasteiger partial charge in [0.2, 0.25) is 5.91 Å². The van der Waals surface area contributed by atoms with Gasteiger partial charge in [0.15, 0.2) is 5.96 Å². The van der Waals surface area contributed by atoms with Gasteiger partial charge in [-0.3, -0.25) is 9.79 Å². The number of carbonyl (C=O) groups is 1. The lowest BCUT2D eigenvalue weighted by Crippen LogP contribution is -2.43. The van der Waals surface area contributed by atoms with Crippen LogP contribution < -0.4 is 16.4 Å². The zero-order valence-corrected chi connectivity index (χ0v) is 17.1. The topological polar surface area (TPSA) is 82.8 Å². The molecule has 0 radical (unpaired) electrons. The Morgan fingerprint density at radius 1 is 1.39 bits per heavy atom. The van der Waals surface area contributed by atoms with Crippen molar-refractivity contribution in [1.29, 1.82) is 0 Å². The van der Waals surface area contributed by atoms with Crippen LogP contribution in [0.4, 0.5) is 0 Å². The number of hydrogen-bond acceptors (Lipinski definition) is 3. The standard InChI is InChI=1S/C16H33N5O.HI/c1-4-18-16(20-11-13(2)3)19-8-6-10-21-9-5-7-14(12-21)15(17)22;/h13-14H,4-12H2,1-3H3,(H2,17,22)(H2,18,19,20);1H. The molecule has 6 nitrogen and oxygen atoms in total. The summed E-state index contributed by atoms with van der Waals surface area (Å²) >= 11 is 0. The molecule has 0 aliphatic carbocycles. The zero-order valence-electron chi connectivity index (χ0n) is 14.8. The lowest BCUT2D eigenvalue weighted by Gasteiger charge is -2.31. The molecule has 1 heterocycles. The normalized spacial score (nSPS) is 19.3. The van der Waals surface area contributed by atoms with Crippen LogP contribution in [0.2, 0.25) is 0 Å². The van der Waals surface area contributed by atoms with E-state index < -0.39 is 0 Å². The number of guanidine groups is 1. The molecule has 1 saturated heterocycles. The van der Waals surface area contributed by atoms with Gasteiger partial charge in [0.1, 0.15) is 0 Å². The van der Waals surface area contributed by atoms with Crippen LogP contribution in [-0.2, 0) is 4.79 Å². The van der Waals surface area contributed by atoms with E-state index in [4.69, 9.17) is 5.73 Å². The van der Waals surface area contributed by atoms with Crippen LogP contribution in [-0.4, -0.2) is 56.0 Å². The van der Waals surface area contributed by atoms with Crippen LogP contribution in [0.5, 0.6) is 0 Å². The minimum Gasteiger partial charge on any atom is -0.369 e. The van der Waals surface area contributed by atoms with Crippen molar-refractivity contribution in [2.24, 2.45) is 22.6 Å². The van der Waals surface area contributed by atoms with Gasteiger partial charge in [0.05, 0.1) is 5.92 Å². The average molecular weight is 439 g/mol. The third-order valence-corrected chi connectivity index (χ3v) is 3.81. The molecule has 1 aliphatic heterocycles. The number of nitrogens with two attached hydrogens (primary N) is 1. The van der Waals surface area contributed by atoms with E-state index in [-0.39, 0.29) is 35.8 Å². The number of nitrogens with zero attached hydrogens (tertiary/aromatic N) is 2. The molecule has 0 aromatic carbocycles. The van der Waals surface area contributed by atoms with Crippen molar-refractivity contribution in [3.8, 4) is 0 Å². The first-order valence-electron chi connectivity index (χ1n) is 8.56. The van der Waals surface area contributed by atoms with E-state index in [1.165, 1.54) is 0 Å². The Morgan fingerprint density at radius 3 is 2.74 bits per heavy atom. The van der Waals surface area contributed by atoms with Gasteiger partial charge in [-0.25, -0.2) is 0 Å². The third-order valence-electron chi connectivity index (χ3n) is 3.81. The molecule has 0 aromatic rings.